The fraction of sp³-hybridized carbons (Fsp3) is 0.400. The molecule has 0 saturated heterocycles. The zero-order chi connectivity index (χ0) is 17.4. The van der Waals surface area contributed by atoms with Crippen LogP contribution in [-0.2, 0) is 19.4 Å². The van der Waals surface area contributed by atoms with Crippen molar-refractivity contribution < 1.29 is 0 Å². The number of aryl methyl sites for hydroxylation is 2. The van der Waals surface area contributed by atoms with Gasteiger partial charge in [0.2, 0.25) is 0 Å². The third-order valence-corrected chi connectivity index (χ3v) is 5.98. The van der Waals surface area contributed by atoms with Crippen LogP contribution in [0.3, 0.4) is 0 Å². The topological polar surface area (TPSA) is 46.4 Å². The zero-order valence-electron chi connectivity index (χ0n) is 14.7. The molecule has 0 amide bonds. The lowest BCUT2D eigenvalue weighted by Crippen LogP contribution is -2.18. The molecule has 2 heterocycles. The first-order valence-electron chi connectivity index (χ1n) is 8.99. The normalized spacial score (nSPS) is 14.0. The van der Waals surface area contributed by atoms with E-state index in [1.807, 2.05) is 4.40 Å². The van der Waals surface area contributed by atoms with E-state index in [1.54, 1.807) is 17.4 Å². The van der Waals surface area contributed by atoms with Crippen LogP contribution in [0.1, 0.15) is 54.4 Å². The monoisotopic (exact) mass is 353 g/mol. The number of nitrogens with zero attached hydrogens (tertiary/aromatic N) is 2. The molecule has 3 aromatic rings. The van der Waals surface area contributed by atoms with Gasteiger partial charge in [0.25, 0.3) is 5.56 Å². The lowest BCUT2D eigenvalue weighted by Gasteiger charge is -2.11. The second-order valence-corrected chi connectivity index (χ2v) is 8.08. The summed E-state index contributed by atoms with van der Waals surface area (Å²) in [5, 5.41) is 3.40. The molecular formula is C20H23N3OS. The minimum Gasteiger partial charge on any atom is -0.379 e. The highest BCUT2D eigenvalue weighted by Crippen LogP contribution is 2.28. The van der Waals surface area contributed by atoms with Gasteiger partial charge in [-0.1, -0.05) is 26.0 Å². The Hall–Kier alpha value is -2.14. The first kappa shape index (κ1) is 16.3. The van der Waals surface area contributed by atoms with E-state index in [4.69, 9.17) is 4.98 Å². The fourth-order valence-corrected chi connectivity index (χ4v) is 4.66. The van der Waals surface area contributed by atoms with Gasteiger partial charge in [-0.05, 0) is 49.3 Å². The molecule has 1 aliphatic rings. The molecule has 0 atom stereocenters. The second-order valence-electron chi connectivity index (χ2n) is 7.02. The summed E-state index contributed by atoms with van der Waals surface area (Å²) in [4.78, 5) is 19.5. The summed E-state index contributed by atoms with van der Waals surface area (Å²) in [5.74, 6) is 0.498. The van der Waals surface area contributed by atoms with Gasteiger partial charge in [-0.25, -0.2) is 4.98 Å². The highest BCUT2D eigenvalue weighted by molar-refractivity contribution is 7.17. The average Bonchev–Trinajstić information content (AvgIpc) is 2.99. The van der Waals surface area contributed by atoms with E-state index in [9.17, 15) is 4.79 Å². The largest absolute Gasteiger partial charge is 0.379 e. The van der Waals surface area contributed by atoms with Gasteiger partial charge < -0.3 is 5.32 Å². The van der Waals surface area contributed by atoms with E-state index < -0.39 is 0 Å². The van der Waals surface area contributed by atoms with Crippen molar-refractivity contribution in [3.63, 3.8) is 0 Å². The first-order chi connectivity index (χ1) is 12.1. The molecule has 4 nitrogen and oxygen atoms in total. The van der Waals surface area contributed by atoms with E-state index in [2.05, 4.69) is 43.4 Å². The second kappa shape index (κ2) is 6.64. The van der Waals surface area contributed by atoms with Crippen molar-refractivity contribution in [3.05, 3.63) is 62.5 Å². The smallest absolute Gasteiger partial charge is 0.259 e. The Morgan fingerprint density at radius 1 is 1.24 bits per heavy atom. The van der Waals surface area contributed by atoms with Crippen LogP contribution in [0, 0.1) is 0 Å². The van der Waals surface area contributed by atoms with E-state index in [0.717, 1.165) is 29.2 Å². The lowest BCUT2D eigenvalue weighted by atomic mass is 10.0. The highest BCUT2D eigenvalue weighted by atomic mass is 32.1. The Bertz CT molecular complexity index is 971. The summed E-state index contributed by atoms with van der Waals surface area (Å²) in [6, 6.07) is 10.1. The van der Waals surface area contributed by atoms with E-state index in [0.29, 0.717) is 12.5 Å². The number of nitrogens with one attached hydrogen (secondary N) is 1. The third-order valence-electron chi connectivity index (χ3n) is 4.84. The number of benzene rings is 1. The van der Waals surface area contributed by atoms with Gasteiger partial charge in [0.05, 0.1) is 12.2 Å². The van der Waals surface area contributed by atoms with Crippen molar-refractivity contribution in [1.82, 2.24) is 9.38 Å². The van der Waals surface area contributed by atoms with Gasteiger partial charge in [-0.3, -0.25) is 9.20 Å². The Balaban J connectivity index is 1.60. The molecule has 0 unspecified atom stereocenters. The van der Waals surface area contributed by atoms with Crippen LogP contribution in [0.5, 0.6) is 0 Å². The average molecular weight is 353 g/mol. The summed E-state index contributed by atoms with van der Waals surface area (Å²) >= 11 is 1.68. The number of hydrogen-bond donors (Lipinski definition) is 1. The Labute approximate surface area is 151 Å². The van der Waals surface area contributed by atoms with Crippen molar-refractivity contribution in [3.8, 4) is 0 Å². The van der Waals surface area contributed by atoms with Crippen LogP contribution >= 0.6 is 11.3 Å². The maximum Gasteiger partial charge on any atom is 0.259 e. The summed E-state index contributed by atoms with van der Waals surface area (Å²) in [7, 11) is 0. The van der Waals surface area contributed by atoms with Crippen LogP contribution in [0.2, 0.25) is 0 Å². The van der Waals surface area contributed by atoms with E-state index in [1.165, 1.54) is 29.0 Å². The Kier molecular flexibility index (Phi) is 4.34. The van der Waals surface area contributed by atoms with Crippen molar-refractivity contribution in [2.45, 2.75) is 52.0 Å². The highest BCUT2D eigenvalue weighted by Gasteiger charge is 2.18. The van der Waals surface area contributed by atoms with Gasteiger partial charge >= 0.3 is 0 Å². The number of fused-ring (bicyclic) bond motifs is 3. The van der Waals surface area contributed by atoms with Crippen molar-refractivity contribution in [1.29, 1.82) is 0 Å². The maximum absolute atomic E-state index is 12.6. The van der Waals surface area contributed by atoms with Crippen molar-refractivity contribution >= 4 is 22.0 Å². The van der Waals surface area contributed by atoms with Crippen molar-refractivity contribution in [2.24, 2.45) is 0 Å². The SMILES string of the molecule is CC(C)c1cccc(NCc2cc(=O)n3c4c(sc3n2)CCCC4)c1. The first-order valence-corrected chi connectivity index (χ1v) is 9.80. The van der Waals surface area contributed by atoms with Crippen LogP contribution in [-0.4, -0.2) is 9.38 Å². The lowest BCUT2D eigenvalue weighted by molar-refractivity contribution is 0.670. The van der Waals surface area contributed by atoms with Crippen molar-refractivity contribution in [2.75, 3.05) is 5.32 Å². The maximum atomic E-state index is 12.6. The van der Waals surface area contributed by atoms with Gasteiger partial charge in [0.1, 0.15) is 0 Å². The Morgan fingerprint density at radius 2 is 2.08 bits per heavy atom. The molecule has 0 radical (unpaired) electrons. The molecule has 1 aliphatic carbocycles. The fourth-order valence-electron chi connectivity index (χ4n) is 3.43. The quantitative estimate of drug-likeness (QED) is 0.757. The molecule has 0 aliphatic heterocycles. The van der Waals surface area contributed by atoms with Gasteiger partial charge in [-0.15, -0.1) is 11.3 Å². The van der Waals surface area contributed by atoms with Gasteiger partial charge in [-0.2, -0.15) is 0 Å². The molecule has 130 valence electrons. The minimum absolute atomic E-state index is 0.0529. The van der Waals surface area contributed by atoms with E-state index >= 15 is 0 Å². The molecule has 0 fully saturated rings. The summed E-state index contributed by atoms with van der Waals surface area (Å²) in [5.41, 5.74) is 4.42. The number of hydrogen-bond acceptors (Lipinski definition) is 4. The number of rotatable bonds is 4. The van der Waals surface area contributed by atoms with Crippen LogP contribution in [0.4, 0.5) is 5.69 Å². The molecule has 1 N–H and O–H groups in total. The minimum atomic E-state index is 0.0529. The number of aromatic nitrogens is 2. The van der Waals surface area contributed by atoms with Crippen LogP contribution in [0.15, 0.2) is 35.1 Å². The van der Waals surface area contributed by atoms with Gasteiger partial charge in [0, 0.05) is 22.3 Å². The molecular weight excluding hydrogens is 330 g/mol. The molecule has 0 spiro atoms. The Morgan fingerprint density at radius 3 is 2.92 bits per heavy atom. The molecule has 4 rings (SSSR count). The zero-order valence-corrected chi connectivity index (χ0v) is 15.5. The molecule has 1 aromatic carbocycles. The predicted molar refractivity (Wildman–Crippen MR) is 104 cm³/mol. The summed E-state index contributed by atoms with van der Waals surface area (Å²) in [6.45, 7) is 4.94. The third kappa shape index (κ3) is 3.21. The molecule has 0 saturated carbocycles. The van der Waals surface area contributed by atoms with E-state index in [-0.39, 0.29) is 5.56 Å². The van der Waals surface area contributed by atoms with Gasteiger partial charge in [0.15, 0.2) is 4.96 Å². The molecule has 2 aromatic heterocycles. The summed E-state index contributed by atoms with van der Waals surface area (Å²) < 4.78 is 1.82. The predicted octanol–water partition coefficient (Wildman–Crippen LogP) is 4.37. The molecule has 0 bridgehead atoms. The number of anilines is 1. The number of thiazole rings is 1. The van der Waals surface area contributed by atoms with Crippen LogP contribution in [0.25, 0.3) is 4.96 Å². The van der Waals surface area contributed by atoms with Crippen LogP contribution < -0.4 is 10.9 Å². The standard InChI is InChI=1S/C20H23N3OS/c1-13(2)14-6-5-7-15(10-14)21-12-16-11-19(24)23-17-8-3-4-9-18(17)25-20(23)22-16/h5-7,10-11,13,21H,3-4,8-9,12H2,1-2H3. The summed E-state index contributed by atoms with van der Waals surface area (Å²) in [6.07, 6.45) is 4.46. The molecule has 25 heavy (non-hydrogen) atoms. The molecule has 5 heteroatoms.